The van der Waals surface area contributed by atoms with Crippen molar-refractivity contribution in [2.45, 2.75) is 58.3 Å². The molecule has 2 aliphatic heterocycles. The summed E-state index contributed by atoms with van der Waals surface area (Å²) in [6, 6.07) is 0.299. The highest BCUT2D eigenvalue weighted by molar-refractivity contribution is 4.86. The van der Waals surface area contributed by atoms with E-state index in [-0.39, 0.29) is 5.41 Å². The highest BCUT2D eigenvalue weighted by atomic mass is 16.5. The summed E-state index contributed by atoms with van der Waals surface area (Å²) in [5, 5.41) is 0. The standard InChI is InChI=1S/C13H26N2O/c1-13(2,3)12(14)6-7-15-8-10-4-5-11(9-15)16-10/h10-12H,4-9,14H2,1-3H3. The molecule has 2 aliphatic rings. The van der Waals surface area contributed by atoms with Crippen molar-refractivity contribution < 1.29 is 4.74 Å². The highest BCUT2D eigenvalue weighted by Crippen LogP contribution is 2.27. The lowest BCUT2D eigenvalue weighted by molar-refractivity contribution is -0.0395. The molecule has 2 rings (SSSR count). The zero-order valence-corrected chi connectivity index (χ0v) is 10.9. The minimum atomic E-state index is 0.227. The van der Waals surface area contributed by atoms with E-state index < -0.39 is 0 Å². The first-order valence-electron chi connectivity index (χ1n) is 6.58. The molecule has 0 aliphatic carbocycles. The van der Waals surface area contributed by atoms with Crippen LogP contribution < -0.4 is 5.73 Å². The van der Waals surface area contributed by atoms with Gasteiger partial charge in [-0.05, 0) is 31.2 Å². The van der Waals surface area contributed by atoms with E-state index in [1.54, 1.807) is 0 Å². The fraction of sp³-hybridized carbons (Fsp3) is 1.00. The summed E-state index contributed by atoms with van der Waals surface area (Å²) in [4.78, 5) is 2.54. The maximum absolute atomic E-state index is 6.19. The molecule has 3 nitrogen and oxygen atoms in total. The second-order valence-corrected chi connectivity index (χ2v) is 6.48. The molecule has 3 unspecified atom stereocenters. The Labute approximate surface area is 99.3 Å². The second-order valence-electron chi connectivity index (χ2n) is 6.48. The summed E-state index contributed by atoms with van der Waals surface area (Å²) in [5.74, 6) is 0. The second kappa shape index (κ2) is 4.63. The van der Waals surface area contributed by atoms with Crippen LogP contribution in [0.25, 0.3) is 0 Å². The smallest absolute Gasteiger partial charge is 0.0707 e. The van der Waals surface area contributed by atoms with Crippen LogP contribution in [0.2, 0.25) is 0 Å². The normalized spacial score (nSPS) is 33.0. The minimum absolute atomic E-state index is 0.227. The average Bonchev–Trinajstić information content (AvgIpc) is 2.53. The predicted octanol–water partition coefficient (Wildman–Crippen LogP) is 1.61. The first kappa shape index (κ1) is 12.3. The van der Waals surface area contributed by atoms with Crippen molar-refractivity contribution in [3.8, 4) is 0 Å². The minimum Gasteiger partial charge on any atom is -0.372 e. The maximum Gasteiger partial charge on any atom is 0.0707 e. The van der Waals surface area contributed by atoms with E-state index >= 15 is 0 Å². The third-order valence-electron chi connectivity index (χ3n) is 3.99. The summed E-state index contributed by atoms with van der Waals surface area (Å²) >= 11 is 0. The van der Waals surface area contributed by atoms with Gasteiger partial charge < -0.3 is 10.5 Å². The van der Waals surface area contributed by atoms with Gasteiger partial charge in [0.1, 0.15) is 0 Å². The molecule has 0 aromatic rings. The van der Waals surface area contributed by atoms with Crippen LogP contribution in [0.4, 0.5) is 0 Å². The molecule has 0 saturated carbocycles. The molecule has 2 fully saturated rings. The van der Waals surface area contributed by atoms with E-state index in [9.17, 15) is 0 Å². The molecular weight excluding hydrogens is 200 g/mol. The van der Waals surface area contributed by atoms with Crippen LogP contribution in [0.15, 0.2) is 0 Å². The topological polar surface area (TPSA) is 38.5 Å². The summed E-state index contributed by atoms with van der Waals surface area (Å²) in [6.07, 6.45) is 4.62. The Bertz CT molecular complexity index is 225. The molecule has 0 aromatic heterocycles. The largest absolute Gasteiger partial charge is 0.372 e. The van der Waals surface area contributed by atoms with Gasteiger partial charge in [-0.3, -0.25) is 4.90 Å². The molecule has 0 amide bonds. The third-order valence-corrected chi connectivity index (χ3v) is 3.99. The summed E-state index contributed by atoms with van der Waals surface area (Å²) < 4.78 is 5.83. The van der Waals surface area contributed by atoms with E-state index in [0.29, 0.717) is 18.2 Å². The Kier molecular flexibility index (Phi) is 3.57. The number of likely N-dealkylation sites (tertiary alicyclic amines) is 1. The van der Waals surface area contributed by atoms with Gasteiger partial charge in [0, 0.05) is 19.1 Å². The molecule has 94 valence electrons. The Hall–Kier alpha value is -0.120. The van der Waals surface area contributed by atoms with Gasteiger partial charge in [-0.25, -0.2) is 0 Å². The molecule has 2 bridgehead atoms. The van der Waals surface area contributed by atoms with Gasteiger partial charge in [-0.15, -0.1) is 0 Å². The van der Waals surface area contributed by atoms with E-state index in [0.717, 1.165) is 26.1 Å². The quantitative estimate of drug-likeness (QED) is 0.794. The number of ether oxygens (including phenoxy) is 1. The van der Waals surface area contributed by atoms with Crippen LogP contribution >= 0.6 is 0 Å². The number of rotatable bonds is 3. The zero-order chi connectivity index (χ0) is 11.8. The van der Waals surface area contributed by atoms with Crippen molar-refractivity contribution in [2.75, 3.05) is 19.6 Å². The Morgan fingerprint density at radius 2 is 1.81 bits per heavy atom. The summed E-state index contributed by atoms with van der Waals surface area (Å²) in [7, 11) is 0. The number of morpholine rings is 1. The fourth-order valence-corrected chi connectivity index (χ4v) is 2.64. The molecule has 2 saturated heterocycles. The van der Waals surface area contributed by atoms with Gasteiger partial charge in [0.2, 0.25) is 0 Å². The number of hydrogen-bond donors (Lipinski definition) is 1. The SMILES string of the molecule is CC(C)(C)C(N)CCN1CC2CCC(C1)O2. The molecular formula is C13H26N2O. The van der Waals surface area contributed by atoms with Crippen LogP contribution in [0, 0.1) is 5.41 Å². The molecule has 2 heterocycles. The van der Waals surface area contributed by atoms with Crippen LogP contribution in [0.3, 0.4) is 0 Å². The number of hydrogen-bond acceptors (Lipinski definition) is 3. The number of nitrogens with zero attached hydrogens (tertiary/aromatic N) is 1. The lowest BCUT2D eigenvalue weighted by atomic mass is 9.85. The van der Waals surface area contributed by atoms with Crippen molar-refractivity contribution in [3.63, 3.8) is 0 Å². The van der Waals surface area contributed by atoms with Crippen molar-refractivity contribution in [1.29, 1.82) is 0 Å². The van der Waals surface area contributed by atoms with Crippen LogP contribution in [-0.2, 0) is 4.74 Å². The van der Waals surface area contributed by atoms with Crippen molar-refractivity contribution >= 4 is 0 Å². The third kappa shape index (κ3) is 2.96. The van der Waals surface area contributed by atoms with E-state index in [1.807, 2.05) is 0 Å². The molecule has 3 atom stereocenters. The molecule has 0 aromatic carbocycles. The lowest BCUT2D eigenvalue weighted by Crippen LogP contribution is -2.45. The monoisotopic (exact) mass is 226 g/mol. The van der Waals surface area contributed by atoms with E-state index in [2.05, 4.69) is 25.7 Å². The Morgan fingerprint density at radius 1 is 1.25 bits per heavy atom. The molecule has 0 spiro atoms. The molecule has 3 heteroatoms. The van der Waals surface area contributed by atoms with Crippen molar-refractivity contribution in [3.05, 3.63) is 0 Å². The summed E-state index contributed by atoms with van der Waals surface area (Å²) in [6.45, 7) is 10.0. The van der Waals surface area contributed by atoms with Crippen molar-refractivity contribution in [2.24, 2.45) is 11.1 Å². The molecule has 16 heavy (non-hydrogen) atoms. The maximum atomic E-state index is 6.19. The van der Waals surface area contributed by atoms with Gasteiger partial charge in [0.15, 0.2) is 0 Å². The van der Waals surface area contributed by atoms with E-state index in [4.69, 9.17) is 10.5 Å². The van der Waals surface area contributed by atoms with Gasteiger partial charge in [0.05, 0.1) is 12.2 Å². The molecule has 0 radical (unpaired) electrons. The average molecular weight is 226 g/mol. The fourth-order valence-electron chi connectivity index (χ4n) is 2.64. The first-order chi connectivity index (χ1) is 7.45. The zero-order valence-electron chi connectivity index (χ0n) is 10.9. The number of nitrogens with two attached hydrogens (primary N) is 1. The highest BCUT2D eigenvalue weighted by Gasteiger charge is 2.33. The summed E-state index contributed by atoms with van der Waals surface area (Å²) in [5.41, 5.74) is 6.42. The van der Waals surface area contributed by atoms with Gasteiger partial charge in [0.25, 0.3) is 0 Å². The van der Waals surface area contributed by atoms with Gasteiger partial charge in [-0.2, -0.15) is 0 Å². The number of fused-ring (bicyclic) bond motifs is 2. The van der Waals surface area contributed by atoms with Gasteiger partial charge in [-0.1, -0.05) is 20.8 Å². The predicted molar refractivity (Wildman–Crippen MR) is 66.4 cm³/mol. The lowest BCUT2D eigenvalue weighted by Gasteiger charge is -2.34. The van der Waals surface area contributed by atoms with Crippen LogP contribution in [0.1, 0.15) is 40.0 Å². The van der Waals surface area contributed by atoms with Crippen LogP contribution in [-0.4, -0.2) is 42.8 Å². The van der Waals surface area contributed by atoms with Crippen LogP contribution in [0.5, 0.6) is 0 Å². The van der Waals surface area contributed by atoms with E-state index in [1.165, 1.54) is 12.8 Å². The van der Waals surface area contributed by atoms with Gasteiger partial charge >= 0.3 is 0 Å². The molecule has 2 N–H and O–H groups in total. The Balaban J connectivity index is 1.74. The Morgan fingerprint density at radius 3 is 2.31 bits per heavy atom. The first-order valence-corrected chi connectivity index (χ1v) is 6.58. The van der Waals surface area contributed by atoms with Crippen molar-refractivity contribution in [1.82, 2.24) is 4.90 Å².